The first-order chi connectivity index (χ1) is 7.79. The summed E-state index contributed by atoms with van der Waals surface area (Å²) in [6, 6.07) is 6.22. The predicted molar refractivity (Wildman–Crippen MR) is 58.6 cm³/mol. The lowest BCUT2D eigenvalue weighted by atomic mass is 9.98. The summed E-state index contributed by atoms with van der Waals surface area (Å²) in [5.41, 5.74) is 0.0657. The lowest BCUT2D eigenvalue weighted by Gasteiger charge is -2.22. The summed E-state index contributed by atoms with van der Waals surface area (Å²) < 4.78 is 19.0. The molecule has 16 heavy (non-hydrogen) atoms. The van der Waals surface area contributed by atoms with Crippen molar-refractivity contribution in [3.8, 4) is 11.8 Å². The van der Waals surface area contributed by atoms with Gasteiger partial charge in [-0.1, -0.05) is 6.42 Å². The first-order valence-electron chi connectivity index (χ1n) is 5.66. The molecule has 3 heteroatoms. The van der Waals surface area contributed by atoms with Crippen LogP contribution in [0.5, 0.6) is 5.75 Å². The third kappa shape index (κ3) is 2.52. The largest absolute Gasteiger partial charge is 0.490 e. The van der Waals surface area contributed by atoms with Gasteiger partial charge >= 0.3 is 0 Å². The molecule has 84 valence electrons. The van der Waals surface area contributed by atoms with Gasteiger partial charge in [0, 0.05) is 6.07 Å². The highest BCUT2D eigenvalue weighted by Crippen LogP contribution is 2.24. The molecule has 0 N–H and O–H groups in total. The topological polar surface area (TPSA) is 33.0 Å². The molecule has 0 atom stereocenters. The Kier molecular flexibility index (Phi) is 3.40. The Balaban J connectivity index is 2.04. The Bertz CT molecular complexity index is 405. The van der Waals surface area contributed by atoms with E-state index in [0.717, 1.165) is 12.8 Å². The van der Waals surface area contributed by atoms with Crippen molar-refractivity contribution in [1.82, 2.24) is 0 Å². The number of hydrogen-bond donors (Lipinski definition) is 0. The third-order valence-corrected chi connectivity index (χ3v) is 2.92. The van der Waals surface area contributed by atoms with Crippen molar-refractivity contribution < 1.29 is 9.13 Å². The lowest BCUT2D eigenvalue weighted by molar-refractivity contribution is 0.154. The molecule has 1 aromatic rings. The van der Waals surface area contributed by atoms with Gasteiger partial charge in [0.25, 0.3) is 0 Å². The van der Waals surface area contributed by atoms with Gasteiger partial charge < -0.3 is 4.74 Å². The highest BCUT2D eigenvalue weighted by molar-refractivity contribution is 5.36. The number of halogens is 1. The maximum absolute atomic E-state index is 13.3. The number of benzene rings is 1. The molecule has 0 radical (unpaired) electrons. The van der Waals surface area contributed by atoms with E-state index in [-0.39, 0.29) is 11.7 Å². The van der Waals surface area contributed by atoms with Crippen LogP contribution in [0.4, 0.5) is 4.39 Å². The van der Waals surface area contributed by atoms with Crippen molar-refractivity contribution in [2.24, 2.45) is 0 Å². The molecule has 1 fully saturated rings. The molecule has 1 saturated carbocycles. The number of rotatable bonds is 2. The monoisotopic (exact) mass is 219 g/mol. The quantitative estimate of drug-likeness (QED) is 0.763. The van der Waals surface area contributed by atoms with E-state index < -0.39 is 5.82 Å². The standard InChI is InChI=1S/C13H14FNO/c14-13-8-12(7-6-10(13)9-15)16-11-4-2-1-3-5-11/h6-8,11H,1-5H2. The molecule has 0 saturated heterocycles. The van der Waals surface area contributed by atoms with Crippen LogP contribution in [-0.4, -0.2) is 6.10 Å². The summed E-state index contributed by atoms with van der Waals surface area (Å²) in [7, 11) is 0. The second-order valence-electron chi connectivity index (χ2n) is 4.13. The molecule has 1 aliphatic rings. The summed E-state index contributed by atoms with van der Waals surface area (Å²) in [5.74, 6) is 0.0270. The molecule has 0 aliphatic heterocycles. The van der Waals surface area contributed by atoms with Gasteiger partial charge in [0.05, 0.1) is 11.7 Å². The van der Waals surface area contributed by atoms with Gasteiger partial charge in [-0.15, -0.1) is 0 Å². The van der Waals surface area contributed by atoms with Crippen LogP contribution < -0.4 is 4.74 Å². The molecule has 0 bridgehead atoms. The van der Waals surface area contributed by atoms with E-state index in [2.05, 4.69) is 0 Å². The minimum absolute atomic E-state index is 0.0657. The maximum Gasteiger partial charge on any atom is 0.144 e. The Hall–Kier alpha value is -1.56. The van der Waals surface area contributed by atoms with E-state index in [4.69, 9.17) is 10.00 Å². The van der Waals surface area contributed by atoms with Crippen molar-refractivity contribution in [1.29, 1.82) is 5.26 Å². The van der Waals surface area contributed by atoms with Gasteiger partial charge in [0.15, 0.2) is 0 Å². The van der Waals surface area contributed by atoms with E-state index in [9.17, 15) is 4.39 Å². The van der Waals surface area contributed by atoms with Crippen molar-refractivity contribution in [2.75, 3.05) is 0 Å². The van der Waals surface area contributed by atoms with Gasteiger partial charge in [0.1, 0.15) is 17.6 Å². The van der Waals surface area contributed by atoms with E-state index in [1.165, 1.54) is 31.4 Å². The predicted octanol–water partition coefficient (Wildman–Crippen LogP) is 3.41. The molecule has 0 spiro atoms. The molecule has 2 nitrogen and oxygen atoms in total. The minimum atomic E-state index is -0.504. The van der Waals surface area contributed by atoms with Crippen LogP contribution in [0.3, 0.4) is 0 Å². The number of ether oxygens (including phenoxy) is 1. The highest BCUT2D eigenvalue weighted by atomic mass is 19.1. The second-order valence-corrected chi connectivity index (χ2v) is 4.13. The van der Waals surface area contributed by atoms with Crippen LogP contribution in [0, 0.1) is 17.1 Å². The fourth-order valence-corrected chi connectivity index (χ4v) is 2.04. The van der Waals surface area contributed by atoms with Crippen LogP contribution in [-0.2, 0) is 0 Å². The van der Waals surface area contributed by atoms with E-state index in [1.54, 1.807) is 12.1 Å². The summed E-state index contributed by atoms with van der Waals surface area (Å²) in [4.78, 5) is 0. The minimum Gasteiger partial charge on any atom is -0.490 e. The molecule has 0 amide bonds. The molecule has 0 unspecified atom stereocenters. The van der Waals surface area contributed by atoms with Crippen LogP contribution >= 0.6 is 0 Å². The van der Waals surface area contributed by atoms with Crippen LogP contribution in [0.15, 0.2) is 18.2 Å². The normalized spacial score (nSPS) is 16.8. The van der Waals surface area contributed by atoms with Crippen molar-refractivity contribution in [2.45, 2.75) is 38.2 Å². The highest BCUT2D eigenvalue weighted by Gasteiger charge is 2.15. The molecule has 0 aromatic heterocycles. The lowest BCUT2D eigenvalue weighted by Crippen LogP contribution is -2.19. The van der Waals surface area contributed by atoms with Crippen molar-refractivity contribution in [3.05, 3.63) is 29.6 Å². The Morgan fingerprint density at radius 1 is 1.25 bits per heavy atom. The molecule has 2 rings (SSSR count). The molecular weight excluding hydrogens is 205 g/mol. The van der Waals surface area contributed by atoms with Crippen molar-refractivity contribution in [3.63, 3.8) is 0 Å². The van der Waals surface area contributed by atoms with Crippen LogP contribution in [0.2, 0.25) is 0 Å². The van der Waals surface area contributed by atoms with Gasteiger partial charge in [-0.25, -0.2) is 4.39 Å². The van der Waals surface area contributed by atoms with Gasteiger partial charge in [-0.05, 0) is 37.8 Å². The molecule has 1 aromatic carbocycles. The van der Waals surface area contributed by atoms with Crippen LogP contribution in [0.25, 0.3) is 0 Å². The fourth-order valence-electron chi connectivity index (χ4n) is 2.04. The summed E-state index contributed by atoms with van der Waals surface area (Å²) >= 11 is 0. The fraction of sp³-hybridized carbons (Fsp3) is 0.462. The first-order valence-corrected chi connectivity index (χ1v) is 5.66. The molecular formula is C13H14FNO. The summed E-state index contributed by atoms with van der Waals surface area (Å²) in [6.07, 6.45) is 5.93. The van der Waals surface area contributed by atoms with E-state index in [1.807, 2.05) is 0 Å². The van der Waals surface area contributed by atoms with E-state index in [0.29, 0.717) is 5.75 Å². The Morgan fingerprint density at radius 3 is 2.62 bits per heavy atom. The zero-order valence-electron chi connectivity index (χ0n) is 9.08. The third-order valence-electron chi connectivity index (χ3n) is 2.92. The Labute approximate surface area is 94.7 Å². The maximum atomic E-state index is 13.3. The molecule has 0 heterocycles. The average molecular weight is 219 g/mol. The van der Waals surface area contributed by atoms with Gasteiger partial charge in [-0.2, -0.15) is 5.26 Å². The van der Waals surface area contributed by atoms with Crippen LogP contribution in [0.1, 0.15) is 37.7 Å². The first kappa shape index (κ1) is 10.9. The number of nitrogens with zero attached hydrogens (tertiary/aromatic N) is 1. The summed E-state index contributed by atoms with van der Waals surface area (Å²) in [6.45, 7) is 0. The second kappa shape index (κ2) is 4.98. The molecule has 1 aliphatic carbocycles. The van der Waals surface area contributed by atoms with E-state index >= 15 is 0 Å². The Morgan fingerprint density at radius 2 is 2.00 bits per heavy atom. The van der Waals surface area contributed by atoms with Crippen molar-refractivity contribution >= 4 is 0 Å². The van der Waals surface area contributed by atoms with Gasteiger partial charge in [-0.3, -0.25) is 0 Å². The summed E-state index contributed by atoms with van der Waals surface area (Å²) in [5, 5.41) is 8.60. The smallest absolute Gasteiger partial charge is 0.144 e. The average Bonchev–Trinajstić information content (AvgIpc) is 2.31. The number of nitriles is 1. The SMILES string of the molecule is N#Cc1ccc(OC2CCCCC2)cc1F. The zero-order valence-corrected chi connectivity index (χ0v) is 9.08. The van der Waals surface area contributed by atoms with Gasteiger partial charge in [0.2, 0.25) is 0 Å². The number of hydrogen-bond acceptors (Lipinski definition) is 2. The zero-order chi connectivity index (χ0) is 11.4.